The summed E-state index contributed by atoms with van der Waals surface area (Å²) < 4.78 is 0.877. The molecule has 0 aliphatic heterocycles. The molecule has 1 aromatic rings. The van der Waals surface area contributed by atoms with Crippen LogP contribution in [0.3, 0.4) is 0 Å². The molecule has 1 heterocycles. The normalized spacial score (nSPS) is 9.30. The number of hydrogen-bond donors (Lipinski definition) is 0. The van der Waals surface area contributed by atoms with Gasteiger partial charge in [-0.1, -0.05) is 21.1 Å². The standard InChI is InChI=1S/C6H5BrN2O/c7-6-1-2-8-3-5(6)4-9-10/h1-3H,4H2. The molecule has 0 atom stereocenters. The third kappa shape index (κ3) is 1.60. The van der Waals surface area contributed by atoms with Gasteiger partial charge in [-0.15, -0.1) is 0 Å². The number of nitroso groups, excluding NO2 is 1. The summed E-state index contributed by atoms with van der Waals surface area (Å²) in [4.78, 5) is 13.7. The summed E-state index contributed by atoms with van der Waals surface area (Å²) >= 11 is 3.26. The van der Waals surface area contributed by atoms with Gasteiger partial charge in [-0.3, -0.25) is 4.98 Å². The molecule has 52 valence electrons. The topological polar surface area (TPSA) is 42.3 Å². The van der Waals surface area contributed by atoms with Crippen LogP contribution in [0.25, 0.3) is 0 Å². The van der Waals surface area contributed by atoms with Crippen molar-refractivity contribution in [2.45, 2.75) is 6.54 Å². The van der Waals surface area contributed by atoms with Crippen molar-refractivity contribution in [1.82, 2.24) is 4.98 Å². The zero-order valence-electron chi connectivity index (χ0n) is 5.12. The number of nitrogens with zero attached hydrogens (tertiary/aromatic N) is 2. The fourth-order valence-corrected chi connectivity index (χ4v) is 0.942. The predicted molar refractivity (Wildman–Crippen MR) is 41.4 cm³/mol. The first-order valence-electron chi connectivity index (χ1n) is 2.72. The van der Waals surface area contributed by atoms with Gasteiger partial charge in [0.05, 0.1) is 0 Å². The van der Waals surface area contributed by atoms with E-state index >= 15 is 0 Å². The van der Waals surface area contributed by atoms with Gasteiger partial charge < -0.3 is 0 Å². The summed E-state index contributed by atoms with van der Waals surface area (Å²) in [6, 6.07) is 1.78. The monoisotopic (exact) mass is 200 g/mol. The SMILES string of the molecule is O=NCc1cnccc1Br. The summed E-state index contributed by atoms with van der Waals surface area (Å²) in [6.45, 7) is 0.175. The van der Waals surface area contributed by atoms with Crippen LogP contribution >= 0.6 is 15.9 Å². The Bertz CT molecular complexity index is 239. The Hall–Kier alpha value is -0.770. The zero-order chi connectivity index (χ0) is 7.40. The van der Waals surface area contributed by atoms with Crippen LogP contribution in [0, 0.1) is 4.91 Å². The van der Waals surface area contributed by atoms with Crippen molar-refractivity contribution in [2.24, 2.45) is 5.18 Å². The molecular formula is C6H5BrN2O. The van der Waals surface area contributed by atoms with E-state index in [1.54, 1.807) is 18.5 Å². The third-order valence-electron chi connectivity index (χ3n) is 1.08. The average molecular weight is 201 g/mol. The van der Waals surface area contributed by atoms with Crippen LogP contribution in [0.15, 0.2) is 28.1 Å². The largest absolute Gasteiger partial charge is 0.264 e. The molecule has 0 spiro atoms. The Kier molecular flexibility index (Phi) is 2.50. The van der Waals surface area contributed by atoms with Crippen LogP contribution in [0.4, 0.5) is 0 Å². The van der Waals surface area contributed by atoms with Crippen molar-refractivity contribution in [3.8, 4) is 0 Å². The van der Waals surface area contributed by atoms with Crippen molar-refractivity contribution in [3.05, 3.63) is 33.4 Å². The van der Waals surface area contributed by atoms with E-state index in [9.17, 15) is 4.91 Å². The Balaban J connectivity index is 2.91. The lowest BCUT2D eigenvalue weighted by Crippen LogP contribution is -1.83. The van der Waals surface area contributed by atoms with Gasteiger partial charge in [-0.2, -0.15) is 4.91 Å². The molecule has 0 aliphatic carbocycles. The van der Waals surface area contributed by atoms with E-state index in [0.29, 0.717) is 0 Å². The molecule has 0 aliphatic rings. The van der Waals surface area contributed by atoms with Crippen molar-refractivity contribution < 1.29 is 0 Å². The van der Waals surface area contributed by atoms with E-state index < -0.39 is 0 Å². The second kappa shape index (κ2) is 3.41. The fourth-order valence-electron chi connectivity index (χ4n) is 0.596. The highest BCUT2D eigenvalue weighted by Crippen LogP contribution is 2.14. The van der Waals surface area contributed by atoms with Crippen molar-refractivity contribution >= 4 is 15.9 Å². The van der Waals surface area contributed by atoms with Crippen LogP contribution in [0.1, 0.15) is 5.56 Å². The molecule has 0 radical (unpaired) electrons. The van der Waals surface area contributed by atoms with Crippen molar-refractivity contribution in [1.29, 1.82) is 0 Å². The smallest absolute Gasteiger partial charge is 0.109 e. The molecule has 3 nitrogen and oxygen atoms in total. The summed E-state index contributed by atoms with van der Waals surface area (Å²) in [6.07, 6.45) is 3.27. The molecule has 0 N–H and O–H groups in total. The predicted octanol–water partition coefficient (Wildman–Crippen LogP) is 2.11. The fraction of sp³-hybridized carbons (Fsp3) is 0.167. The minimum absolute atomic E-state index is 0.175. The lowest BCUT2D eigenvalue weighted by molar-refractivity contribution is 1.02. The van der Waals surface area contributed by atoms with Crippen molar-refractivity contribution in [2.75, 3.05) is 0 Å². The van der Waals surface area contributed by atoms with Gasteiger partial charge in [0.15, 0.2) is 0 Å². The van der Waals surface area contributed by atoms with E-state index in [2.05, 4.69) is 26.1 Å². The van der Waals surface area contributed by atoms with Crippen molar-refractivity contribution in [3.63, 3.8) is 0 Å². The molecular weight excluding hydrogens is 196 g/mol. The van der Waals surface area contributed by atoms with Crippen LogP contribution in [0.2, 0.25) is 0 Å². The second-order valence-electron chi connectivity index (χ2n) is 1.75. The molecule has 0 aromatic carbocycles. The molecule has 1 aromatic heterocycles. The molecule has 4 heteroatoms. The maximum atomic E-state index is 9.83. The molecule has 0 saturated heterocycles. The van der Waals surface area contributed by atoms with E-state index in [4.69, 9.17) is 0 Å². The Morgan fingerprint density at radius 1 is 1.70 bits per heavy atom. The molecule has 0 saturated carbocycles. The Morgan fingerprint density at radius 2 is 2.50 bits per heavy atom. The first-order chi connectivity index (χ1) is 4.84. The minimum Gasteiger partial charge on any atom is -0.264 e. The van der Waals surface area contributed by atoms with E-state index in [1.165, 1.54) is 0 Å². The van der Waals surface area contributed by atoms with Crippen LogP contribution in [0.5, 0.6) is 0 Å². The highest BCUT2D eigenvalue weighted by molar-refractivity contribution is 9.10. The van der Waals surface area contributed by atoms with Gasteiger partial charge in [0.2, 0.25) is 0 Å². The summed E-state index contributed by atoms with van der Waals surface area (Å²) in [5, 5.41) is 2.75. The summed E-state index contributed by atoms with van der Waals surface area (Å²) in [7, 11) is 0. The quantitative estimate of drug-likeness (QED) is 0.687. The first kappa shape index (κ1) is 7.34. The Labute approximate surface area is 66.6 Å². The van der Waals surface area contributed by atoms with Gasteiger partial charge in [-0.05, 0) is 6.07 Å². The summed E-state index contributed by atoms with van der Waals surface area (Å²) in [5.74, 6) is 0. The minimum atomic E-state index is 0.175. The molecule has 0 unspecified atom stereocenters. The molecule has 0 fully saturated rings. The second-order valence-corrected chi connectivity index (χ2v) is 2.61. The molecule has 10 heavy (non-hydrogen) atoms. The van der Waals surface area contributed by atoms with E-state index in [-0.39, 0.29) is 6.54 Å². The first-order valence-corrected chi connectivity index (χ1v) is 3.51. The zero-order valence-corrected chi connectivity index (χ0v) is 6.71. The van der Waals surface area contributed by atoms with Crippen LogP contribution in [-0.2, 0) is 6.54 Å². The maximum absolute atomic E-state index is 9.83. The lowest BCUT2D eigenvalue weighted by Gasteiger charge is -1.94. The third-order valence-corrected chi connectivity index (χ3v) is 1.85. The van der Waals surface area contributed by atoms with E-state index in [1.807, 2.05) is 0 Å². The van der Waals surface area contributed by atoms with Gasteiger partial charge in [0, 0.05) is 22.4 Å². The van der Waals surface area contributed by atoms with E-state index in [0.717, 1.165) is 10.0 Å². The van der Waals surface area contributed by atoms with Crippen LogP contribution < -0.4 is 0 Å². The average Bonchev–Trinajstić information content (AvgIpc) is 1.94. The van der Waals surface area contributed by atoms with Gasteiger partial charge in [-0.25, -0.2) is 0 Å². The highest BCUT2D eigenvalue weighted by atomic mass is 79.9. The maximum Gasteiger partial charge on any atom is 0.109 e. The van der Waals surface area contributed by atoms with Gasteiger partial charge in [0.1, 0.15) is 6.54 Å². The Morgan fingerprint density at radius 3 is 3.10 bits per heavy atom. The lowest BCUT2D eigenvalue weighted by atomic mass is 10.3. The number of halogens is 1. The highest BCUT2D eigenvalue weighted by Gasteiger charge is 1.96. The number of rotatable bonds is 2. The number of pyridine rings is 1. The molecule has 0 bridgehead atoms. The number of aromatic nitrogens is 1. The van der Waals surface area contributed by atoms with Gasteiger partial charge in [0.25, 0.3) is 0 Å². The van der Waals surface area contributed by atoms with Crippen LogP contribution in [-0.4, -0.2) is 4.98 Å². The molecule has 1 rings (SSSR count). The molecule has 0 amide bonds. The van der Waals surface area contributed by atoms with Gasteiger partial charge >= 0.3 is 0 Å². The number of hydrogen-bond acceptors (Lipinski definition) is 3. The summed E-state index contributed by atoms with van der Waals surface area (Å²) in [5.41, 5.74) is 0.817.